The van der Waals surface area contributed by atoms with E-state index in [0.29, 0.717) is 22.9 Å². The van der Waals surface area contributed by atoms with Gasteiger partial charge in [-0.1, -0.05) is 11.6 Å². The van der Waals surface area contributed by atoms with Crippen LogP contribution in [0.3, 0.4) is 0 Å². The molecular weight excluding hydrogens is 292 g/mol. The molecule has 0 spiro atoms. The van der Waals surface area contributed by atoms with Crippen molar-refractivity contribution in [3.05, 3.63) is 23.2 Å². The highest BCUT2D eigenvalue weighted by atomic mass is 35.5. The minimum atomic E-state index is -0.0466. The smallest absolute Gasteiger partial charge is 0.225 e. The van der Waals surface area contributed by atoms with E-state index in [1.165, 1.54) is 0 Å². The monoisotopic (exact) mass is 312 g/mol. The molecule has 1 heterocycles. The predicted octanol–water partition coefficient (Wildman–Crippen LogP) is 2.40. The molecule has 2 rings (SSSR count). The molecular formula is C15H21ClN2O3. The molecule has 1 amide bonds. The summed E-state index contributed by atoms with van der Waals surface area (Å²) in [5.41, 5.74) is 0.602. The van der Waals surface area contributed by atoms with Gasteiger partial charge in [-0.05, 0) is 25.1 Å². The molecule has 0 aromatic heterocycles. The number of ether oxygens (including phenoxy) is 2. The second kappa shape index (κ2) is 7.64. The van der Waals surface area contributed by atoms with Crippen molar-refractivity contribution in [3.8, 4) is 5.75 Å². The third-order valence-electron chi connectivity index (χ3n) is 3.42. The molecule has 5 nitrogen and oxygen atoms in total. The zero-order valence-electron chi connectivity index (χ0n) is 12.4. The highest BCUT2D eigenvalue weighted by Gasteiger charge is 2.17. The number of anilines is 1. The van der Waals surface area contributed by atoms with Gasteiger partial charge >= 0.3 is 0 Å². The van der Waals surface area contributed by atoms with Gasteiger partial charge in [0.2, 0.25) is 5.91 Å². The molecule has 21 heavy (non-hydrogen) atoms. The molecule has 1 aliphatic rings. The Morgan fingerprint density at radius 2 is 2.38 bits per heavy atom. The van der Waals surface area contributed by atoms with Gasteiger partial charge in [-0.2, -0.15) is 0 Å². The first-order valence-corrected chi connectivity index (χ1v) is 7.43. The van der Waals surface area contributed by atoms with Gasteiger partial charge in [0.25, 0.3) is 0 Å². The summed E-state index contributed by atoms with van der Waals surface area (Å²) in [5, 5.41) is 3.41. The summed E-state index contributed by atoms with van der Waals surface area (Å²) >= 11 is 5.94. The molecule has 116 valence electrons. The van der Waals surface area contributed by atoms with Gasteiger partial charge < -0.3 is 14.8 Å². The molecule has 0 radical (unpaired) electrons. The Labute approximate surface area is 130 Å². The lowest BCUT2D eigenvalue weighted by Gasteiger charge is -2.30. The molecule has 0 bridgehead atoms. The summed E-state index contributed by atoms with van der Waals surface area (Å²) in [7, 11) is 1.56. The fraction of sp³-hybridized carbons (Fsp3) is 0.533. The number of nitrogens with one attached hydrogen (secondary N) is 1. The molecule has 1 N–H and O–H groups in total. The van der Waals surface area contributed by atoms with Crippen molar-refractivity contribution >= 4 is 23.2 Å². The Morgan fingerprint density at radius 1 is 1.57 bits per heavy atom. The van der Waals surface area contributed by atoms with Crippen molar-refractivity contribution in [2.45, 2.75) is 19.4 Å². The van der Waals surface area contributed by atoms with Crippen LogP contribution in [0.25, 0.3) is 0 Å². The van der Waals surface area contributed by atoms with E-state index in [2.05, 4.69) is 10.2 Å². The molecule has 0 aliphatic carbocycles. The molecule has 1 aromatic carbocycles. The fourth-order valence-corrected chi connectivity index (χ4v) is 2.52. The van der Waals surface area contributed by atoms with E-state index in [4.69, 9.17) is 21.1 Å². The average molecular weight is 313 g/mol. The minimum absolute atomic E-state index is 0.0466. The third-order valence-corrected chi connectivity index (χ3v) is 3.65. The highest BCUT2D eigenvalue weighted by molar-refractivity contribution is 6.31. The molecule has 6 heteroatoms. The topological polar surface area (TPSA) is 50.8 Å². The van der Waals surface area contributed by atoms with Crippen molar-refractivity contribution in [1.29, 1.82) is 0 Å². The third kappa shape index (κ3) is 4.88. The first-order chi connectivity index (χ1) is 10.1. The zero-order valence-corrected chi connectivity index (χ0v) is 13.2. The number of nitrogens with zero attached hydrogens (tertiary/aromatic N) is 1. The number of methoxy groups -OCH3 is 1. The quantitative estimate of drug-likeness (QED) is 0.907. The van der Waals surface area contributed by atoms with Crippen LogP contribution in [0.2, 0.25) is 5.02 Å². The van der Waals surface area contributed by atoms with Gasteiger partial charge in [0.1, 0.15) is 5.75 Å². The molecule has 1 atom stereocenters. The standard InChI is InChI=1S/C15H21ClN2O3/c1-11-10-18(7-8-21-11)6-5-15(19)17-13-9-12(16)3-4-14(13)20-2/h3-4,9,11H,5-8,10H2,1-2H3,(H,17,19). The normalized spacial score (nSPS) is 19.3. The van der Waals surface area contributed by atoms with E-state index in [9.17, 15) is 4.79 Å². The number of halogens is 1. The van der Waals surface area contributed by atoms with Crippen LogP contribution in [0.4, 0.5) is 5.69 Å². The van der Waals surface area contributed by atoms with Gasteiger partial charge in [-0.25, -0.2) is 0 Å². The van der Waals surface area contributed by atoms with Gasteiger partial charge in [0, 0.05) is 31.1 Å². The lowest BCUT2D eigenvalue weighted by atomic mass is 10.2. The number of benzene rings is 1. The Balaban J connectivity index is 1.85. The highest BCUT2D eigenvalue weighted by Crippen LogP contribution is 2.27. The van der Waals surface area contributed by atoms with E-state index in [1.807, 2.05) is 6.92 Å². The van der Waals surface area contributed by atoms with Crippen molar-refractivity contribution in [1.82, 2.24) is 4.90 Å². The number of carbonyl (C=O) groups is 1. The first-order valence-electron chi connectivity index (χ1n) is 7.06. The van der Waals surface area contributed by atoms with E-state index in [1.54, 1.807) is 25.3 Å². The maximum Gasteiger partial charge on any atom is 0.225 e. The first kappa shape index (κ1) is 16.1. The molecule has 1 saturated heterocycles. The van der Waals surface area contributed by atoms with Crippen molar-refractivity contribution in [2.75, 3.05) is 38.7 Å². The second-order valence-electron chi connectivity index (χ2n) is 5.12. The van der Waals surface area contributed by atoms with Gasteiger partial charge in [0.15, 0.2) is 0 Å². The van der Waals surface area contributed by atoms with Crippen LogP contribution in [0.5, 0.6) is 5.75 Å². The molecule has 1 aliphatic heterocycles. The van der Waals surface area contributed by atoms with Gasteiger partial charge in [-0.3, -0.25) is 9.69 Å². The van der Waals surface area contributed by atoms with E-state index < -0.39 is 0 Å². The van der Waals surface area contributed by atoms with E-state index in [-0.39, 0.29) is 12.0 Å². The Hall–Kier alpha value is -1.30. The zero-order chi connectivity index (χ0) is 15.2. The maximum atomic E-state index is 12.0. The number of hydrogen-bond donors (Lipinski definition) is 1. The van der Waals surface area contributed by atoms with Crippen LogP contribution in [0.15, 0.2) is 18.2 Å². The van der Waals surface area contributed by atoms with Crippen LogP contribution in [-0.4, -0.2) is 50.3 Å². The molecule has 1 unspecified atom stereocenters. The van der Waals surface area contributed by atoms with Crippen LogP contribution >= 0.6 is 11.6 Å². The number of rotatable bonds is 5. The molecule has 0 saturated carbocycles. The lowest BCUT2D eigenvalue weighted by Crippen LogP contribution is -2.42. The summed E-state index contributed by atoms with van der Waals surface area (Å²) in [5.74, 6) is 0.558. The van der Waals surface area contributed by atoms with Gasteiger partial charge in [0.05, 0.1) is 25.5 Å². The molecule has 1 fully saturated rings. The van der Waals surface area contributed by atoms with Crippen LogP contribution in [0, 0.1) is 0 Å². The van der Waals surface area contributed by atoms with Crippen LogP contribution < -0.4 is 10.1 Å². The Kier molecular flexibility index (Phi) is 5.85. The van der Waals surface area contributed by atoms with Crippen LogP contribution in [0.1, 0.15) is 13.3 Å². The SMILES string of the molecule is COc1ccc(Cl)cc1NC(=O)CCN1CCOC(C)C1. The number of morpholine rings is 1. The Bertz CT molecular complexity index is 496. The molecule has 1 aromatic rings. The second-order valence-corrected chi connectivity index (χ2v) is 5.56. The van der Waals surface area contributed by atoms with Crippen molar-refractivity contribution in [2.24, 2.45) is 0 Å². The summed E-state index contributed by atoms with van der Waals surface area (Å²) < 4.78 is 10.7. The average Bonchev–Trinajstić information content (AvgIpc) is 2.45. The van der Waals surface area contributed by atoms with E-state index in [0.717, 1.165) is 26.2 Å². The largest absolute Gasteiger partial charge is 0.495 e. The van der Waals surface area contributed by atoms with E-state index >= 15 is 0 Å². The summed E-state index contributed by atoms with van der Waals surface area (Å²) in [6.07, 6.45) is 0.664. The fourth-order valence-electron chi connectivity index (χ4n) is 2.34. The summed E-state index contributed by atoms with van der Waals surface area (Å²) in [6, 6.07) is 5.15. The number of amides is 1. The number of carbonyl (C=O) groups excluding carboxylic acids is 1. The minimum Gasteiger partial charge on any atom is -0.495 e. The lowest BCUT2D eigenvalue weighted by molar-refractivity contribution is -0.117. The summed E-state index contributed by atoms with van der Waals surface area (Å²) in [6.45, 7) is 5.24. The summed E-state index contributed by atoms with van der Waals surface area (Å²) in [4.78, 5) is 14.3. The van der Waals surface area contributed by atoms with Crippen LogP contribution in [-0.2, 0) is 9.53 Å². The van der Waals surface area contributed by atoms with Crippen molar-refractivity contribution < 1.29 is 14.3 Å². The number of hydrogen-bond acceptors (Lipinski definition) is 4. The Morgan fingerprint density at radius 3 is 3.10 bits per heavy atom. The maximum absolute atomic E-state index is 12.0. The predicted molar refractivity (Wildman–Crippen MR) is 83.1 cm³/mol. The van der Waals surface area contributed by atoms with Crippen molar-refractivity contribution in [3.63, 3.8) is 0 Å². The van der Waals surface area contributed by atoms with Gasteiger partial charge in [-0.15, -0.1) is 0 Å².